The summed E-state index contributed by atoms with van der Waals surface area (Å²) in [5, 5.41) is 2.65. The molecule has 1 rings (SSSR count). The van der Waals surface area contributed by atoms with Gasteiger partial charge in [0.1, 0.15) is 11.6 Å². The van der Waals surface area contributed by atoms with E-state index in [1.54, 1.807) is 20.8 Å². The summed E-state index contributed by atoms with van der Waals surface area (Å²) < 4.78 is 9.98. The van der Waals surface area contributed by atoms with Gasteiger partial charge in [0, 0.05) is 17.4 Å². The van der Waals surface area contributed by atoms with Crippen molar-refractivity contribution in [3.05, 3.63) is 11.6 Å². The number of rotatable bonds is 6. The van der Waals surface area contributed by atoms with Crippen molar-refractivity contribution in [2.24, 2.45) is 11.8 Å². The molecule has 0 bridgehead atoms. The molecule has 6 nitrogen and oxygen atoms in total. The van der Waals surface area contributed by atoms with E-state index in [0.29, 0.717) is 18.1 Å². The molecule has 148 valence electrons. The topological polar surface area (TPSA) is 81.7 Å². The third-order valence-corrected chi connectivity index (χ3v) is 5.45. The number of carbonyl (C=O) groups is 3. The van der Waals surface area contributed by atoms with Crippen LogP contribution in [0, 0.1) is 11.8 Å². The number of ketones is 1. The number of allylic oxidation sites excluding steroid dienone is 2. The second-order valence-electron chi connectivity index (χ2n) is 7.88. The Morgan fingerprint density at radius 1 is 1.35 bits per heavy atom. The minimum absolute atomic E-state index is 0.0834. The normalized spacial score (nSPS) is 23.2. The first-order valence-electron chi connectivity index (χ1n) is 8.88. The highest BCUT2D eigenvalue weighted by Crippen LogP contribution is 2.37. The molecular weight excluding hydrogens is 354 g/mol. The summed E-state index contributed by atoms with van der Waals surface area (Å²) >= 11 is 1.51. The van der Waals surface area contributed by atoms with E-state index in [2.05, 4.69) is 5.32 Å². The molecule has 1 N–H and O–H groups in total. The molecule has 1 aliphatic carbocycles. The molecule has 2 unspecified atom stereocenters. The molecule has 0 aromatic heterocycles. The predicted octanol–water partition coefficient (Wildman–Crippen LogP) is 3.35. The summed E-state index contributed by atoms with van der Waals surface area (Å²) in [6, 6.07) is -0.819. The number of thioether (sulfide) groups is 1. The molecule has 26 heavy (non-hydrogen) atoms. The molecule has 0 aliphatic heterocycles. The summed E-state index contributed by atoms with van der Waals surface area (Å²) in [4.78, 5) is 36.2. The summed E-state index contributed by atoms with van der Waals surface area (Å²) in [5.74, 6) is 0.395. The molecule has 0 aromatic rings. The van der Waals surface area contributed by atoms with Gasteiger partial charge in [-0.3, -0.25) is 4.79 Å². The number of carbonyl (C=O) groups excluding carboxylic acids is 3. The van der Waals surface area contributed by atoms with E-state index in [1.807, 2.05) is 26.8 Å². The molecule has 7 heteroatoms. The van der Waals surface area contributed by atoms with Crippen molar-refractivity contribution < 1.29 is 23.9 Å². The number of hydrogen-bond acceptors (Lipinski definition) is 6. The van der Waals surface area contributed by atoms with Crippen molar-refractivity contribution in [3.8, 4) is 0 Å². The summed E-state index contributed by atoms with van der Waals surface area (Å²) in [6.07, 6.45) is 1.80. The fourth-order valence-electron chi connectivity index (χ4n) is 2.72. The zero-order chi connectivity index (χ0) is 20.1. The minimum atomic E-state index is -0.819. The predicted molar refractivity (Wildman–Crippen MR) is 103 cm³/mol. The van der Waals surface area contributed by atoms with E-state index in [0.717, 1.165) is 5.57 Å². The van der Waals surface area contributed by atoms with Gasteiger partial charge >= 0.3 is 12.1 Å². The number of ether oxygens (including phenoxy) is 2. The number of nitrogens with one attached hydrogen (secondary N) is 1. The van der Waals surface area contributed by atoms with Crippen molar-refractivity contribution in [1.82, 2.24) is 5.32 Å². The number of esters is 1. The second kappa shape index (κ2) is 9.44. The number of methoxy groups -OCH3 is 1. The first-order chi connectivity index (χ1) is 11.9. The molecule has 1 amide bonds. The van der Waals surface area contributed by atoms with Crippen molar-refractivity contribution in [2.45, 2.75) is 64.9 Å². The van der Waals surface area contributed by atoms with E-state index in [4.69, 9.17) is 9.47 Å². The second-order valence-corrected chi connectivity index (χ2v) is 9.15. The van der Waals surface area contributed by atoms with Crippen LogP contribution in [0.4, 0.5) is 4.79 Å². The third kappa shape index (κ3) is 7.02. The van der Waals surface area contributed by atoms with Crippen molar-refractivity contribution in [2.75, 3.05) is 12.9 Å². The highest BCUT2D eigenvalue weighted by Gasteiger charge is 2.36. The molecule has 0 radical (unpaired) electrons. The maximum Gasteiger partial charge on any atom is 0.408 e. The summed E-state index contributed by atoms with van der Waals surface area (Å²) in [7, 11) is 1.28. The zero-order valence-corrected chi connectivity index (χ0v) is 17.6. The van der Waals surface area contributed by atoms with Gasteiger partial charge < -0.3 is 14.8 Å². The first kappa shape index (κ1) is 22.5. The van der Waals surface area contributed by atoms with Crippen LogP contribution >= 0.6 is 11.8 Å². The molecule has 0 spiro atoms. The first-order valence-corrected chi connectivity index (χ1v) is 9.93. The third-order valence-electron chi connectivity index (χ3n) is 3.92. The summed E-state index contributed by atoms with van der Waals surface area (Å²) in [5.41, 5.74) is 0.216. The quantitative estimate of drug-likeness (QED) is 0.558. The lowest BCUT2D eigenvalue weighted by atomic mass is 10.0. The Balaban J connectivity index is 2.71. The fraction of sp³-hybridized carbons (Fsp3) is 0.737. The van der Waals surface area contributed by atoms with Gasteiger partial charge in [-0.1, -0.05) is 26.8 Å². The highest BCUT2D eigenvalue weighted by atomic mass is 32.2. The van der Waals surface area contributed by atoms with Crippen LogP contribution in [-0.2, 0) is 19.1 Å². The van der Waals surface area contributed by atoms with Gasteiger partial charge in [0.05, 0.1) is 7.11 Å². The van der Waals surface area contributed by atoms with Crippen LogP contribution in [0.1, 0.15) is 48.0 Å². The molecule has 0 saturated heterocycles. The van der Waals surface area contributed by atoms with Crippen LogP contribution in [0.25, 0.3) is 0 Å². The number of amides is 1. The van der Waals surface area contributed by atoms with Crippen LogP contribution in [0.2, 0.25) is 0 Å². The van der Waals surface area contributed by atoms with Crippen LogP contribution in [0.15, 0.2) is 11.6 Å². The largest absolute Gasteiger partial charge is 0.467 e. The van der Waals surface area contributed by atoms with Gasteiger partial charge in [0.15, 0.2) is 5.78 Å². The van der Waals surface area contributed by atoms with E-state index in [1.165, 1.54) is 18.9 Å². The average Bonchev–Trinajstić information content (AvgIpc) is 2.76. The van der Waals surface area contributed by atoms with E-state index in [-0.39, 0.29) is 17.0 Å². The van der Waals surface area contributed by atoms with Gasteiger partial charge in [-0.15, -0.1) is 0 Å². The Bertz CT molecular complexity index is 565. The van der Waals surface area contributed by atoms with Crippen LogP contribution in [0.5, 0.6) is 0 Å². The van der Waals surface area contributed by atoms with E-state index < -0.39 is 23.7 Å². The number of hydrogen-bond donors (Lipinski definition) is 1. The monoisotopic (exact) mass is 385 g/mol. The lowest BCUT2D eigenvalue weighted by molar-refractivity contribution is -0.142. The SMILES string of the molecule is COC(=O)[C@H](CSC1CC(=O)/C(=C/C(C)C)C1C)NC(=O)OC(C)(C)C. The number of alkyl carbamates (subject to hydrolysis) is 1. The number of Topliss-reactive ketones (excluding diaryl/α,β-unsaturated/α-hetero) is 1. The van der Waals surface area contributed by atoms with Gasteiger partial charge in [-0.2, -0.15) is 11.8 Å². The molecule has 1 fully saturated rings. The van der Waals surface area contributed by atoms with Gasteiger partial charge in [-0.05, 0) is 38.2 Å². The Morgan fingerprint density at radius 2 is 1.96 bits per heavy atom. The average molecular weight is 386 g/mol. The molecular formula is C19H31NO5S. The molecule has 1 saturated carbocycles. The Kier molecular flexibility index (Phi) is 8.18. The Morgan fingerprint density at radius 3 is 2.46 bits per heavy atom. The lowest BCUT2D eigenvalue weighted by Gasteiger charge is -2.23. The van der Waals surface area contributed by atoms with Crippen LogP contribution in [-0.4, -0.2) is 47.6 Å². The van der Waals surface area contributed by atoms with Gasteiger partial charge in [0.2, 0.25) is 0 Å². The maximum absolute atomic E-state index is 12.2. The highest BCUT2D eigenvalue weighted by molar-refractivity contribution is 8.00. The molecule has 0 heterocycles. The molecule has 0 aromatic carbocycles. The smallest absolute Gasteiger partial charge is 0.408 e. The van der Waals surface area contributed by atoms with E-state index in [9.17, 15) is 14.4 Å². The maximum atomic E-state index is 12.2. The van der Waals surface area contributed by atoms with E-state index >= 15 is 0 Å². The van der Waals surface area contributed by atoms with Crippen molar-refractivity contribution >= 4 is 29.6 Å². The lowest BCUT2D eigenvalue weighted by Crippen LogP contribution is -2.45. The Hall–Kier alpha value is -1.50. The van der Waals surface area contributed by atoms with Gasteiger partial charge in [-0.25, -0.2) is 9.59 Å². The fourth-order valence-corrected chi connectivity index (χ4v) is 4.08. The Labute approximate surface area is 160 Å². The van der Waals surface area contributed by atoms with Crippen LogP contribution < -0.4 is 5.32 Å². The van der Waals surface area contributed by atoms with Crippen molar-refractivity contribution in [3.63, 3.8) is 0 Å². The zero-order valence-electron chi connectivity index (χ0n) is 16.8. The molecule has 3 atom stereocenters. The van der Waals surface area contributed by atoms with Gasteiger partial charge in [0.25, 0.3) is 0 Å². The van der Waals surface area contributed by atoms with Crippen molar-refractivity contribution in [1.29, 1.82) is 0 Å². The van der Waals surface area contributed by atoms with Crippen LogP contribution in [0.3, 0.4) is 0 Å². The summed E-state index contributed by atoms with van der Waals surface area (Å²) in [6.45, 7) is 11.4. The minimum Gasteiger partial charge on any atom is -0.467 e. The molecule has 1 aliphatic rings. The standard InChI is InChI=1S/C19H31NO5S/c1-11(2)8-13-12(3)16(9-15(13)21)26-10-14(17(22)24-7)20-18(23)25-19(4,5)6/h8,11-12,14,16H,9-10H2,1-7H3,(H,20,23)/b13-8+/t12?,14-,16?/m0/s1.